The Hall–Kier alpha value is -2.34. The second kappa shape index (κ2) is 5.81. The van der Waals surface area contributed by atoms with E-state index in [0.29, 0.717) is 18.2 Å². The molecule has 6 heteroatoms. The highest BCUT2D eigenvalue weighted by Gasteiger charge is 2.19. The Morgan fingerprint density at radius 2 is 2.00 bits per heavy atom. The van der Waals surface area contributed by atoms with Gasteiger partial charge in [-0.2, -0.15) is 0 Å². The fraction of sp³-hybridized carbons (Fsp3) is 0.375. The molecular formula is C16H19N3O3. The quantitative estimate of drug-likeness (QED) is 0.715. The van der Waals surface area contributed by atoms with Gasteiger partial charge in [0.25, 0.3) is 5.89 Å². The molecular weight excluding hydrogens is 282 g/mol. The molecule has 0 saturated carbocycles. The molecule has 3 rings (SSSR count). The van der Waals surface area contributed by atoms with Gasteiger partial charge in [0, 0.05) is 12.6 Å². The maximum atomic E-state index is 5.72. The third kappa shape index (κ3) is 2.82. The Morgan fingerprint density at radius 1 is 1.18 bits per heavy atom. The fourth-order valence-electron chi connectivity index (χ4n) is 2.27. The summed E-state index contributed by atoms with van der Waals surface area (Å²) in [6.07, 6.45) is 1.58. The van der Waals surface area contributed by atoms with Gasteiger partial charge in [0.1, 0.15) is 23.5 Å². The molecule has 22 heavy (non-hydrogen) atoms. The molecule has 3 aromatic heterocycles. The average molecular weight is 301 g/mol. The predicted molar refractivity (Wildman–Crippen MR) is 80.1 cm³/mol. The summed E-state index contributed by atoms with van der Waals surface area (Å²) >= 11 is 0. The molecule has 0 unspecified atom stereocenters. The molecule has 0 aliphatic rings. The van der Waals surface area contributed by atoms with Crippen LogP contribution in [-0.4, -0.2) is 22.1 Å². The van der Waals surface area contributed by atoms with Gasteiger partial charge in [0.05, 0.1) is 11.7 Å². The zero-order chi connectivity index (χ0) is 15.7. The van der Waals surface area contributed by atoms with Crippen LogP contribution in [0.15, 0.2) is 37.8 Å². The summed E-state index contributed by atoms with van der Waals surface area (Å²) in [6, 6.07) is 5.76. The van der Waals surface area contributed by atoms with Gasteiger partial charge < -0.3 is 13.4 Å². The molecule has 0 aliphatic carbocycles. The summed E-state index contributed by atoms with van der Waals surface area (Å²) in [5.74, 6) is 2.80. The summed E-state index contributed by atoms with van der Waals surface area (Å²) in [4.78, 5) is 6.69. The van der Waals surface area contributed by atoms with Gasteiger partial charge in [-0.25, -0.2) is 4.98 Å². The largest absolute Gasteiger partial charge is 0.456 e. The molecule has 0 saturated heterocycles. The summed E-state index contributed by atoms with van der Waals surface area (Å²) < 4.78 is 16.2. The summed E-state index contributed by atoms with van der Waals surface area (Å²) in [7, 11) is 2.02. The molecule has 0 radical (unpaired) electrons. The fourth-order valence-corrected chi connectivity index (χ4v) is 2.27. The summed E-state index contributed by atoms with van der Waals surface area (Å²) in [5.41, 5.74) is 1.78. The molecule has 0 aromatic carbocycles. The van der Waals surface area contributed by atoms with E-state index in [0.717, 1.165) is 22.9 Å². The van der Waals surface area contributed by atoms with Crippen LogP contribution in [-0.2, 0) is 6.54 Å². The Balaban J connectivity index is 1.76. The van der Waals surface area contributed by atoms with Crippen molar-refractivity contribution in [2.75, 3.05) is 7.05 Å². The Kier molecular flexibility index (Phi) is 3.85. The second-order valence-electron chi connectivity index (χ2n) is 5.45. The first-order valence-electron chi connectivity index (χ1n) is 7.18. The third-order valence-corrected chi connectivity index (χ3v) is 3.79. The lowest BCUT2D eigenvalue weighted by molar-refractivity contribution is 0.237. The first-order valence-corrected chi connectivity index (χ1v) is 7.18. The molecule has 0 N–H and O–H groups in total. The highest BCUT2D eigenvalue weighted by molar-refractivity contribution is 5.45. The second-order valence-corrected chi connectivity index (χ2v) is 5.45. The molecule has 6 nitrogen and oxygen atoms in total. The Labute approximate surface area is 128 Å². The van der Waals surface area contributed by atoms with E-state index in [1.165, 1.54) is 0 Å². The van der Waals surface area contributed by atoms with Gasteiger partial charge in [-0.15, -0.1) is 0 Å². The molecule has 1 atom stereocenters. The molecule has 0 aliphatic heterocycles. The first-order chi connectivity index (χ1) is 10.5. The number of hydrogen-bond acceptors (Lipinski definition) is 6. The van der Waals surface area contributed by atoms with Crippen LogP contribution in [0, 0.1) is 13.8 Å². The minimum Gasteiger partial charge on any atom is -0.456 e. The topological polar surface area (TPSA) is 68.4 Å². The minimum atomic E-state index is 0.129. The number of oxazole rings is 1. The molecule has 116 valence electrons. The van der Waals surface area contributed by atoms with Gasteiger partial charge in [0.2, 0.25) is 0 Å². The van der Waals surface area contributed by atoms with Gasteiger partial charge >= 0.3 is 0 Å². The van der Waals surface area contributed by atoms with Gasteiger partial charge in [-0.1, -0.05) is 5.16 Å². The molecule has 0 fully saturated rings. The van der Waals surface area contributed by atoms with Crippen LogP contribution in [0.4, 0.5) is 0 Å². The highest BCUT2D eigenvalue weighted by atomic mass is 16.5. The lowest BCUT2D eigenvalue weighted by Crippen LogP contribution is -2.22. The van der Waals surface area contributed by atoms with E-state index in [9.17, 15) is 0 Å². The average Bonchev–Trinajstić information content (AvgIpc) is 3.20. The zero-order valence-corrected chi connectivity index (χ0v) is 13.2. The number of rotatable bonds is 5. The van der Waals surface area contributed by atoms with E-state index in [4.69, 9.17) is 13.4 Å². The van der Waals surface area contributed by atoms with Gasteiger partial charge in [-0.05, 0) is 40.0 Å². The van der Waals surface area contributed by atoms with E-state index in [2.05, 4.69) is 22.0 Å². The van der Waals surface area contributed by atoms with Crippen molar-refractivity contribution in [3.8, 4) is 11.7 Å². The van der Waals surface area contributed by atoms with Gasteiger partial charge in [-0.3, -0.25) is 4.90 Å². The first kappa shape index (κ1) is 14.6. The van der Waals surface area contributed by atoms with Crippen LogP contribution < -0.4 is 0 Å². The smallest absolute Gasteiger partial charge is 0.263 e. The lowest BCUT2D eigenvalue weighted by Gasteiger charge is -2.21. The predicted octanol–water partition coefficient (Wildman–Crippen LogP) is 3.73. The van der Waals surface area contributed by atoms with Crippen molar-refractivity contribution >= 4 is 0 Å². The number of aromatic nitrogens is 2. The number of hydrogen-bond donors (Lipinski definition) is 0. The third-order valence-electron chi connectivity index (χ3n) is 3.79. The Morgan fingerprint density at radius 3 is 2.64 bits per heavy atom. The normalized spacial score (nSPS) is 13.0. The van der Waals surface area contributed by atoms with E-state index in [1.54, 1.807) is 6.26 Å². The van der Waals surface area contributed by atoms with E-state index in [1.807, 2.05) is 39.1 Å². The summed E-state index contributed by atoms with van der Waals surface area (Å²) in [5, 5.41) is 3.98. The number of aryl methyl sites for hydroxylation is 2. The molecule has 3 heterocycles. The monoisotopic (exact) mass is 301 g/mol. The van der Waals surface area contributed by atoms with E-state index < -0.39 is 0 Å². The van der Waals surface area contributed by atoms with Crippen LogP contribution in [0.1, 0.15) is 35.9 Å². The van der Waals surface area contributed by atoms with Crippen molar-refractivity contribution < 1.29 is 13.4 Å². The molecule has 3 aromatic rings. The number of furan rings is 1. The van der Waals surface area contributed by atoms with Crippen LogP contribution in [0.25, 0.3) is 11.7 Å². The van der Waals surface area contributed by atoms with Crippen molar-refractivity contribution in [3.05, 3.63) is 47.4 Å². The number of nitrogens with zero attached hydrogens (tertiary/aromatic N) is 3. The maximum absolute atomic E-state index is 5.72. The van der Waals surface area contributed by atoms with Crippen LogP contribution >= 0.6 is 0 Å². The van der Waals surface area contributed by atoms with Crippen molar-refractivity contribution in [2.45, 2.75) is 33.4 Å². The maximum Gasteiger partial charge on any atom is 0.263 e. The van der Waals surface area contributed by atoms with Crippen LogP contribution in [0.3, 0.4) is 0 Å². The van der Waals surface area contributed by atoms with E-state index >= 15 is 0 Å². The van der Waals surface area contributed by atoms with E-state index in [-0.39, 0.29) is 6.04 Å². The van der Waals surface area contributed by atoms with Crippen molar-refractivity contribution in [1.29, 1.82) is 0 Å². The Bertz CT molecular complexity index is 743. The van der Waals surface area contributed by atoms with Crippen molar-refractivity contribution in [1.82, 2.24) is 15.0 Å². The van der Waals surface area contributed by atoms with Crippen LogP contribution in [0.2, 0.25) is 0 Å². The SMILES string of the molecule is Cc1ccc(-c2nc(CN(C)[C@@H](C)c3ccon3)c(C)o2)o1. The van der Waals surface area contributed by atoms with Crippen molar-refractivity contribution in [3.63, 3.8) is 0 Å². The van der Waals surface area contributed by atoms with Crippen molar-refractivity contribution in [2.24, 2.45) is 0 Å². The lowest BCUT2D eigenvalue weighted by atomic mass is 10.2. The molecule has 0 amide bonds. The van der Waals surface area contributed by atoms with Crippen LogP contribution in [0.5, 0.6) is 0 Å². The standard InChI is InChI=1S/C16H19N3O3/c1-10-5-6-15(21-10)16-17-14(12(3)22-16)9-19(4)11(2)13-7-8-20-18-13/h5-8,11H,9H2,1-4H3/t11-/m0/s1. The summed E-state index contributed by atoms with van der Waals surface area (Å²) in [6.45, 7) is 6.54. The molecule has 0 bridgehead atoms. The van der Waals surface area contributed by atoms with Gasteiger partial charge in [0.15, 0.2) is 5.76 Å². The zero-order valence-electron chi connectivity index (χ0n) is 13.2. The minimum absolute atomic E-state index is 0.129. The molecule has 0 spiro atoms. The highest BCUT2D eigenvalue weighted by Crippen LogP contribution is 2.26.